The molecule has 0 spiro atoms. The van der Waals surface area contributed by atoms with E-state index >= 15 is 0 Å². The Hall–Kier alpha value is -1.40. The quantitative estimate of drug-likeness (QED) is 0.947. The molecule has 0 atom stereocenters. The molecule has 2 rings (SSSR count). The molecule has 2 aromatic rings. The summed E-state index contributed by atoms with van der Waals surface area (Å²) in [4.78, 5) is 4.27. The number of nitrogens with zero attached hydrogens (tertiary/aromatic N) is 2. The summed E-state index contributed by atoms with van der Waals surface area (Å²) in [6.45, 7) is -0.151. The number of hydrogen-bond acceptors (Lipinski definition) is 3. The highest BCUT2D eigenvalue weighted by Gasteiger charge is 2.17. The molecule has 1 aromatic heterocycles. The van der Waals surface area contributed by atoms with Gasteiger partial charge >= 0.3 is 0 Å². The van der Waals surface area contributed by atoms with Crippen LogP contribution in [0.25, 0.3) is 11.4 Å². The number of imidazole rings is 1. The molecule has 96 valence electrons. The van der Waals surface area contributed by atoms with Crippen molar-refractivity contribution in [2.45, 2.75) is 6.61 Å². The number of aliphatic hydroxyl groups is 1. The Morgan fingerprint density at radius 3 is 2.78 bits per heavy atom. The molecule has 18 heavy (non-hydrogen) atoms. The van der Waals surface area contributed by atoms with Gasteiger partial charge in [0.05, 0.1) is 25.0 Å². The van der Waals surface area contributed by atoms with Crippen molar-refractivity contribution in [1.29, 1.82) is 0 Å². The van der Waals surface area contributed by atoms with Crippen molar-refractivity contribution in [2.24, 2.45) is 7.05 Å². The van der Waals surface area contributed by atoms with Crippen molar-refractivity contribution in [3.63, 3.8) is 0 Å². The maximum atomic E-state index is 13.3. The smallest absolute Gasteiger partial charge is 0.145 e. The second kappa shape index (κ2) is 5.07. The van der Waals surface area contributed by atoms with Gasteiger partial charge in [0.2, 0.25) is 0 Å². The third-order valence-electron chi connectivity index (χ3n) is 2.72. The predicted molar refractivity (Wildman–Crippen MR) is 68.8 cm³/mol. The van der Waals surface area contributed by atoms with Crippen LogP contribution < -0.4 is 4.74 Å². The van der Waals surface area contributed by atoms with E-state index in [2.05, 4.69) is 20.9 Å². The first-order valence-electron chi connectivity index (χ1n) is 5.24. The van der Waals surface area contributed by atoms with Gasteiger partial charge in [0.15, 0.2) is 0 Å². The lowest BCUT2D eigenvalue weighted by molar-refractivity contribution is 0.272. The Balaban J connectivity index is 2.65. The molecule has 1 heterocycles. The molecular formula is C12H12BrFN2O2. The fourth-order valence-electron chi connectivity index (χ4n) is 1.77. The van der Waals surface area contributed by atoms with E-state index in [0.717, 1.165) is 0 Å². The second-order valence-electron chi connectivity index (χ2n) is 3.73. The number of benzene rings is 1. The number of methoxy groups -OCH3 is 1. The standard InChI is InChI=1S/C12H12BrFN2O2/c1-16-9(6-17)11(13)15-12(16)8-5-7(14)3-4-10(8)18-2/h3-5,17H,6H2,1-2H3. The third kappa shape index (κ3) is 2.13. The lowest BCUT2D eigenvalue weighted by Gasteiger charge is -2.09. The van der Waals surface area contributed by atoms with E-state index in [1.54, 1.807) is 17.7 Å². The normalized spacial score (nSPS) is 10.7. The predicted octanol–water partition coefficient (Wildman–Crippen LogP) is 2.49. The molecule has 6 heteroatoms. The van der Waals surface area contributed by atoms with Crippen molar-refractivity contribution in [2.75, 3.05) is 7.11 Å². The van der Waals surface area contributed by atoms with Gasteiger partial charge in [-0.25, -0.2) is 9.37 Å². The SMILES string of the molecule is COc1ccc(F)cc1-c1nc(Br)c(CO)n1C. The number of hydrogen-bond donors (Lipinski definition) is 1. The van der Waals surface area contributed by atoms with Crippen LogP contribution in [-0.2, 0) is 13.7 Å². The fraction of sp³-hybridized carbons (Fsp3) is 0.250. The summed E-state index contributed by atoms with van der Waals surface area (Å²) in [6.07, 6.45) is 0. The van der Waals surface area contributed by atoms with Crippen LogP contribution in [0.15, 0.2) is 22.8 Å². The topological polar surface area (TPSA) is 47.3 Å². The summed E-state index contributed by atoms with van der Waals surface area (Å²) in [7, 11) is 3.27. The zero-order valence-corrected chi connectivity index (χ0v) is 11.5. The van der Waals surface area contributed by atoms with Crippen LogP contribution in [0.4, 0.5) is 4.39 Å². The van der Waals surface area contributed by atoms with Crippen LogP contribution >= 0.6 is 15.9 Å². The van der Waals surface area contributed by atoms with E-state index in [0.29, 0.717) is 27.4 Å². The van der Waals surface area contributed by atoms with E-state index < -0.39 is 0 Å². The van der Waals surface area contributed by atoms with E-state index in [9.17, 15) is 9.50 Å². The summed E-state index contributed by atoms with van der Waals surface area (Å²) in [5.41, 5.74) is 1.16. The van der Waals surface area contributed by atoms with E-state index in [-0.39, 0.29) is 12.4 Å². The maximum absolute atomic E-state index is 13.3. The first-order valence-corrected chi connectivity index (χ1v) is 6.03. The largest absolute Gasteiger partial charge is 0.496 e. The summed E-state index contributed by atoms with van der Waals surface area (Å²) < 4.78 is 20.8. The van der Waals surface area contributed by atoms with Gasteiger partial charge in [0.1, 0.15) is 22.0 Å². The van der Waals surface area contributed by atoms with Crippen LogP contribution in [-0.4, -0.2) is 21.8 Å². The Morgan fingerprint density at radius 2 is 2.22 bits per heavy atom. The molecule has 0 radical (unpaired) electrons. The Bertz CT molecular complexity index is 584. The zero-order valence-electron chi connectivity index (χ0n) is 9.94. The van der Waals surface area contributed by atoms with Gasteiger partial charge in [-0.15, -0.1) is 0 Å². The van der Waals surface area contributed by atoms with Crippen LogP contribution in [0.3, 0.4) is 0 Å². The van der Waals surface area contributed by atoms with Gasteiger partial charge in [0, 0.05) is 7.05 Å². The van der Waals surface area contributed by atoms with Crippen LogP contribution in [0.5, 0.6) is 5.75 Å². The lowest BCUT2D eigenvalue weighted by Crippen LogP contribution is -2.00. The van der Waals surface area contributed by atoms with Crippen LogP contribution in [0.1, 0.15) is 5.69 Å². The average Bonchev–Trinajstić information content (AvgIpc) is 2.64. The molecule has 0 unspecified atom stereocenters. The van der Waals surface area contributed by atoms with Crippen LogP contribution in [0, 0.1) is 5.82 Å². The van der Waals surface area contributed by atoms with Gasteiger partial charge in [-0.05, 0) is 34.1 Å². The molecule has 1 N–H and O–H groups in total. The zero-order chi connectivity index (χ0) is 13.3. The number of rotatable bonds is 3. The lowest BCUT2D eigenvalue weighted by atomic mass is 10.2. The summed E-state index contributed by atoms with van der Waals surface area (Å²) in [5, 5.41) is 9.24. The highest BCUT2D eigenvalue weighted by molar-refractivity contribution is 9.10. The summed E-state index contributed by atoms with van der Waals surface area (Å²) in [5.74, 6) is 0.694. The van der Waals surface area contributed by atoms with Crippen LogP contribution in [0.2, 0.25) is 0 Å². The molecule has 0 bridgehead atoms. The molecule has 4 nitrogen and oxygen atoms in total. The molecule has 0 aliphatic rings. The van der Waals surface area contributed by atoms with Crippen molar-refractivity contribution in [1.82, 2.24) is 9.55 Å². The van der Waals surface area contributed by atoms with Crippen molar-refractivity contribution < 1.29 is 14.2 Å². The van der Waals surface area contributed by atoms with Gasteiger partial charge in [-0.3, -0.25) is 0 Å². The number of halogens is 2. The minimum atomic E-state index is -0.365. The highest BCUT2D eigenvalue weighted by Crippen LogP contribution is 2.32. The molecule has 0 saturated carbocycles. The first-order chi connectivity index (χ1) is 8.58. The Morgan fingerprint density at radius 1 is 1.50 bits per heavy atom. The number of ether oxygens (including phenoxy) is 1. The van der Waals surface area contributed by atoms with E-state index in [4.69, 9.17) is 4.74 Å². The van der Waals surface area contributed by atoms with Crippen molar-refractivity contribution in [3.8, 4) is 17.1 Å². The third-order valence-corrected chi connectivity index (χ3v) is 3.35. The number of aromatic nitrogens is 2. The maximum Gasteiger partial charge on any atom is 0.145 e. The Kier molecular flexibility index (Phi) is 3.68. The molecule has 0 amide bonds. The average molecular weight is 315 g/mol. The molecule has 0 aliphatic heterocycles. The minimum absolute atomic E-state index is 0.151. The first kappa shape index (κ1) is 13.0. The van der Waals surface area contributed by atoms with E-state index in [1.165, 1.54) is 19.2 Å². The molecule has 1 aromatic carbocycles. The molecular weight excluding hydrogens is 303 g/mol. The van der Waals surface area contributed by atoms with Gasteiger partial charge in [0.25, 0.3) is 0 Å². The van der Waals surface area contributed by atoms with Crippen molar-refractivity contribution in [3.05, 3.63) is 34.3 Å². The van der Waals surface area contributed by atoms with Gasteiger partial charge in [-0.1, -0.05) is 0 Å². The molecule has 0 aliphatic carbocycles. The minimum Gasteiger partial charge on any atom is -0.496 e. The van der Waals surface area contributed by atoms with Crippen molar-refractivity contribution >= 4 is 15.9 Å². The molecule has 0 saturated heterocycles. The fourth-order valence-corrected chi connectivity index (χ4v) is 2.33. The highest BCUT2D eigenvalue weighted by atomic mass is 79.9. The number of aliphatic hydroxyl groups excluding tert-OH is 1. The summed E-state index contributed by atoms with van der Waals surface area (Å²) >= 11 is 3.26. The van der Waals surface area contributed by atoms with Gasteiger partial charge in [-0.2, -0.15) is 0 Å². The molecule has 0 fully saturated rings. The second-order valence-corrected chi connectivity index (χ2v) is 4.49. The Labute approximate surface area is 112 Å². The monoisotopic (exact) mass is 314 g/mol. The summed E-state index contributed by atoms with van der Waals surface area (Å²) in [6, 6.07) is 4.23. The van der Waals surface area contributed by atoms with Gasteiger partial charge < -0.3 is 14.4 Å². The van der Waals surface area contributed by atoms with E-state index in [1.807, 2.05) is 0 Å².